The van der Waals surface area contributed by atoms with Gasteiger partial charge in [-0.25, -0.2) is 9.07 Å². The molecule has 0 radical (unpaired) electrons. The van der Waals surface area contributed by atoms with Crippen LogP contribution in [0.3, 0.4) is 0 Å². The summed E-state index contributed by atoms with van der Waals surface area (Å²) < 4.78 is 57.3. The molecule has 2 amide bonds. The van der Waals surface area contributed by atoms with Crippen LogP contribution in [0.5, 0.6) is 5.75 Å². The number of halogens is 4. The molecule has 3 N–H and O–H groups in total. The number of benzene rings is 1. The molecule has 3 aromatic rings. The van der Waals surface area contributed by atoms with Gasteiger partial charge in [0.05, 0.1) is 24.9 Å². The number of nitrogens with zero attached hydrogens (tertiary/aromatic N) is 6. The average Bonchev–Trinajstić information content (AvgIpc) is 3.53. The number of carbonyl (C=O) groups excluding carboxylic acids is 2. The Bertz CT molecular complexity index is 1400. The molecule has 1 aliphatic heterocycles. The first-order chi connectivity index (χ1) is 19.5. The Morgan fingerprint density at radius 2 is 1.98 bits per heavy atom. The third-order valence-corrected chi connectivity index (χ3v) is 5.89. The van der Waals surface area contributed by atoms with E-state index in [0.29, 0.717) is 23.5 Å². The number of aromatic nitrogens is 5. The summed E-state index contributed by atoms with van der Waals surface area (Å²) in [5.74, 6) is -0.939. The summed E-state index contributed by atoms with van der Waals surface area (Å²) in [6.07, 6.45) is -3.00. The fourth-order valence-corrected chi connectivity index (χ4v) is 4.03. The van der Waals surface area contributed by atoms with Gasteiger partial charge in [-0.05, 0) is 44.0 Å². The fourth-order valence-electron chi connectivity index (χ4n) is 4.03. The van der Waals surface area contributed by atoms with Gasteiger partial charge in [0.25, 0.3) is 5.91 Å². The SMILES string of the molecule is CNC(=O)c1cn(C[C@H](F)CCc2ccc(NC(=O)CC3=CN(c4cccc(OC(F)(F)F)c4)C(C)N3)nn2)nn1. The van der Waals surface area contributed by atoms with Gasteiger partial charge in [-0.3, -0.25) is 9.59 Å². The molecule has 16 heteroatoms. The van der Waals surface area contributed by atoms with E-state index in [2.05, 4.69) is 41.2 Å². The minimum Gasteiger partial charge on any atom is -0.406 e. The highest BCUT2D eigenvalue weighted by Gasteiger charge is 2.31. The van der Waals surface area contributed by atoms with Crippen LogP contribution < -0.4 is 25.6 Å². The summed E-state index contributed by atoms with van der Waals surface area (Å²) >= 11 is 0. The van der Waals surface area contributed by atoms with Crippen molar-refractivity contribution in [3.63, 3.8) is 0 Å². The summed E-state index contributed by atoms with van der Waals surface area (Å²) in [5.41, 5.74) is 1.62. The van der Waals surface area contributed by atoms with Crippen LogP contribution in [0, 0.1) is 0 Å². The van der Waals surface area contributed by atoms with Crippen LogP contribution in [0.4, 0.5) is 29.1 Å². The van der Waals surface area contributed by atoms with Crippen molar-refractivity contribution < 1.29 is 31.9 Å². The Labute approximate surface area is 231 Å². The molecule has 12 nitrogen and oxygen atoms in total. The fraction of sp³-hybridized carbons (Fsp3) is 0.360. The highest BCUT2D eigenvalue weighted by Crippen LogP contribution is 2.29. The quantitative estimate of drug-likeness (QED) is 0.294. The van der Waals surface area contributed by atoms with Gasteiger partial charge in [0.2, 0.25) is 5.91 Å². The summed E-state index contributed by atoms with van der Waals surface area (Å²) in [6, 6.07) is 8.71. The van der Waals surface area contributed by atoms with E-state index >= 15 is 0 Å². The standard InChI is InChI=1S/C25H27F4N9O3/c1-15-31-18(13-38(15)19-4-3-5-20(11-19)41-25(27,28)29)10-23(39)32-22-9-8-17(33-35-22)7-6-16(26)12-37-14-21(34-36-37)24(40)30-2/h3-5,8-9,11,13-16,31H,6-7,10,12H2,1-2H3,(H,30,40)(H,32,35,39)/t15?,16-/m1/s1. The molecule has 4 rings (SSSR count). The van der Waals surface area contributed by atoms with E-state index in [9.17, 15) is 27.2 Å². The van der Waals surface area contributed by atoms with E-state index in [1.165, 1.54) is 36.1 Å². The van der Waals surface area contributed by atoms with Crippen molar-refractivity contribution in [2.45, 2.75) is 51.4 Å². The summed E-state index contributed by atoms with van der Waals surface area (Å²) in [6.45, 7) is 1.72. The maximum Gasteiger partial charge on any atom is 0.573 e. The molecule has 0 aliphatic carbocycles. The van der Waals surface area contributed by atoms with Crippen molar-refractivity contribution in [3.05, 3.63) is 65.9 Å². The number of carbonyl (C=O) groups is 2. The monoisotopic (exact) mass is 577 g/mol. The molecule has 0 fully saturated rings. The zero-order valence-corrected chi connectivity index (χ0v) is 22.0. The van der Waals surface area contributed by atoms with E-state index < -0.39 is 18.4 Å². The van der Waals surface area contributed by atoms with Crippen LogP contribution in [-0.4, -0.2) is 62.8 Å². The summed E-state index contributed by atoms with van der Waals surface area (Å²) in [4.78, 5) is 25.8. The highest BCUT2D eigenvalue weighted by atomic mass is 19.4. The maximum absolute atomic E-state index is 14.4. The average molecular weight is 578 g/mol. The molecule has 2 aromatic heterocycles. The van der Waals surface area contributed by atoms with Gasteiger partial charge in [0, 0.05) is 30.7 Å². The van der Waals surface area contributed by atoms with Gasteiger partial charge in [-0.15, -0.1) is 23.4 Å². The molecular formula is C25H27F4N9O3. The molecule has 0 saturated carbocycles. The first kappa shape index (κ1) is 29.2. The predicted octanol–water partition coefficient (Wildman–Crippen LogP) is 2.92. The third kappa shape index (κ3) is 8.36. The smallest absolute Gasteiger partial charge is 0.406 e. The first-order valence-corrected chi connectivity index (χ1v) is 12.5. The lowest BCUT2D eigenvalue weighted by atomic mass is 10.1. The lowest BCUT2D eigenvalue weighted by Crippen LogP contribution is -2.33. The number of ether oxygens (including phenoxy) is 1. The van der Waals surface area contributed by atoms with Crippen LogP contribution in [0.1, 0.15) is 35.9 Å². The van der Waals surface area contributed by atoms with Crippen molar-refractivity contribution in [2.75, 3.05) is 17.3 Å². The van der Waals surface area contributed by atoms with Crippen LogP contribution in [-0.2, 0) is 17.8 Å². The van der Waals surface area contributed by atoms with Gasteiger partial charge in [0.1, 0.15) is 18.1 Å². The van der Waals surface area contributed by atoms with Crippen LogP contribution in [0.2, 0.25) is 0 Å². The third-order valence-electron chi connectivity index (χ3n) is 5.89. The summed E-state index contributed by atoms with van der Waals surface area (Å²) in [5, 5.41) is 23.6. The lowest BCUT2D eigenvalue weighted by Gasteiger charge is -2.22. The van der Waals surface area contributed by atoms with Crippen molar-refractivity contribution in [1.82, 2.24) is 35.8 Å². The molecule has 1 aliphatic rings. The number of hydrogen-bond acceptors (Lipinski definition) is 9. The Hall–Kier alpha value is -4.76. The van der Waals surface area contributed by atoms with E-state index in [1.807, 2.05) is 0 Å². The highest BCUT2D eigenvalue weighted by molar-refractivity contribution is 5.92. The molecule has 0 bridgehead atoms. The second kappa shape index (κ2) is 12.6. The Morgan fingerprint density at radius 3 is 2.68 bits per heavy atom. The number of amides is 2. The second-order valence-electron chi connectivity index (χ2n) is 9.10. The number of aryl methyl sites for hydroxylation is 1. The molecule has 218 valence electrons. The zero-order valence-electron chi connectivity index (χ0n) is 22.0. The second-order valence-corrected chi connectivity index (χ2v) is 9.10. The van der Waals surface area contributed by atoms with Crippen LogP contribution in [0.25, 0.3) is 0 Å². The first-order valence-electron chi connectivity index (χ1n) is 12.5. The molecule has 0 spiro atoms. The Morgan fingerprint density at radius 1 is 1.17 bits per heavy atom. The number of hydrogen-bond donors (Lipinski definition) is 3. The molecule has 2 atom stereocenters. The Balaban J connectivity index is 1.25. The number of rotatable bonds is 11. The largest absolute Gasteiger partial charge is 0.573 e. The molecule has 3 heterocycles. The van der Waals surface area contributed by atoms with Gasteiger partial charge >= 0.3 is 6.36 Å². The Kier molecular flexibility index (Phi) is 8.99. The number of anilines is 2. The minimum atomic E-state index is -4.80. The maximum atomic E-state index is 14.4. The van der Waals surface area contributed by atoms with Gasteiger partial charge in [-0.1, -0.05) is 11.3 Å². The number of alkyl halides is 4. The van der Waals surface area contributed by atoms with Crippen LogP contribution >= 0.6 is 0 Å². The normalized spacial score (nSPS) is 15.6. The van der Waals surface area contributed by atoms with Gasteiger partial charge in [0.15, 0.2) is 11.5 Å². The van der Waals surface area contributed by atoms with Crippen molar-refractivity contribution in [1.29, 1.82) is 0 Å². The molecule has 1 aromatic carbocycles. The molecule has 0 saturated heterocycles. The van der Waals surface area contributed by atoms with Crippen molar-refractivity contribution in [2.24, 2.45) is 0 Å². The molecular weight excluding hydrogens is 550 g/mol. The van der Waals surface area contributed by atoms with Crippen molar-refractivity contribution >= 4 is 23.3 Å². The zero-order chi connectivity index (χ0) is 29.6. The van der Waals surface area contributed by atoms with Crippen molar-refractivity contribution in [3.8, 4) is 5.75 Å². The molecule has 1 unspecified atom stereocenters. The van der Waals surface area contributed by atoms with Gasteiger partial charge < -0.3 is 25.6 Å². The predicted molar refractivity (Wildman–Crippen MR) is 138 cm³/mol. The number of nitrogens with one attached hydrogen (secondary N) is 3. The van der Waals surface area contributed by atoms with E-state index in [0.717, 1.165) is 0 Å². The van der Waals surface area contributed by atoms with E-state index in [4.69, 9.17) is 0 Å². The topological polar surface area (TPSA) is 139 Å². The lowest BCUT2D eigenvalue weighted by molar-refractivity contribution is -0.274. The van der Waals surface area contributed by atoms with Gasteiger partial charge in [-0.2, -0.15) is 5.10 Å². The molecule has 41 heavy (non-hydrogen) atoms. The van der Waals surface area contributed by atoms with E-state index in [1.54, 1.807) is 36.2 Å². The van der Waals surface area contributed by atoms with Crippen LogP contribution in [0.15, 0.2) is 54.5 Å². The van der Waals surface area contributed by atoms with E-state index in [-0.39, 0.29) is 48.7 Å². The minimum absolute atomic E-state index is 0.0452. The summed E-state index contributed by atoms with van der Waals surface area (Å²) in [7, 11) is 1.46.